The highest BCUT2D eigenvalue weighted by molar-refractivity contribution is 5.84. The molecule has 1 aromatic rings. The van der Waals surface area contributed by atoms with E-state index in [1.54, 1.807) is 6.07 Å². The van der Waals surface area contributed by atoms with Gasteiger partial charge in [0.2, 0.25) is 0 Å². The topological polar surface area (TPSA) is 58.6 Å². The maximum Gasteiger partial charge on any atom is 0.411 e. The van der Waals surface area contributed by atoms with E-state index in [-0.39, 0.29) is 6.61 Å². The van der Waals surface area contributed by atoms with Gasteiger partial charge in [0.1, 0.15) is 0 Å². The van der Waals surface area contributed by atoms with Gasteiger partial charge < -0.3 is 9.84 Å². The van der Waals surface area contributed by atoms with Gasteiger partial charge in [-0.05, 0) is 30.7 Å². The molecule has 0 bridgehead atoms. The molecular formula is C13H15NO3. The Bertz CT molecular complexity index is 457. The highest BCUT2D eigenvalue weighted by atomic mass is 16.5. The van der Waals surface area contributed by atoms with Crippen LogP contribution in [0.25, 0.3) is 0 Å². The molecule has 0 aliphatic carbocycles. The summed E-state index contributed by atoms with van der Waals surface area (Å²) in [5.41, 5.74) is 2.51. The first-order chi connectivity index (χ1) is 8.17. The maximum absolute atomic E-state index is 11.0. The fourth-order valence-corrected chi connectivity index (χ4v) is 1.26. The number of benzene rings is 1. The van der Waals surface area contributed by atoms with Gasteiger partial charge in [-0.2, -0.15) is 0 Å². The van der Waals surface area contributed by atoms with Crippen LogP contribution in [0.15, 0.2) is 18.2 Å². The number of amides is 1. The molecule has 0 spiro atoms. The zero-order valence-corrected chi connectivity index (χ0v) is 9.91. The Balaban J connectivity index is 2.80. The molecule has 1 amide bonds. The molecular weight excluding hydrogens is 218 g/mol. The molecule has 1 rings (SSSR count). The Kier molecular flexibility index (Phi) is 5.05. The third-order valence-electron chi connectivity index (χ3n) is 2.12. The monoisotopic (exact) mass is 233 g/mol. The number of anilines is 1. The number of rotatable bonds is 2. The number of carbonyl (C=O) groups is 1. The smallest absolute Gasteiger partial charge is 0.411 e. The highest BCUT2D eigenvalue weighted by Gasteiger charge is 2.02. The van der Waals surface area contributed by atoms with Gasteiger partial charge in [-0.25, -0.2) is 4.79 Å². The Morgan fingerprint density at radius 1 is 1.53 bits per heavy atom. The van der Waals surface area contributed by atoms with Crippen molar-refractivity contribution in [1.82, 2.24) is 0 Å². The predicted molar refractivity (Wildman–Crippen MR) is 65.8 cm³/mol. The second-order valence-corrected chi connectivity index (χ2v) is 3.42. The second kappa shape index (κ2) is 6.56. The molecule has 0 saturated carbocycles. The average Bonchev–Trinajstić information content (AvgIpc) is 2.32. The summed E-state index contributed by atoms with van der Waals surface area (Å²) in [6, 6.07) is 5.40. The number of aryl methyl sites for hydroxylation is 1. The molecule has 0 atom stereocenters. The number of aliphatic hydroxyl groups is 1. The molecule has 0 unspecified atom stereocenters. The number of nitrogens with one attached hydrogen (secondary N) is 1. The summed E-state index contributed by atoms with van der Waals surface area (Å²) in [4.78, 5) is 11.0. The van der Waals surface area contributed by atoms with Crippen molar-refractivity contribution in [1.29, 1.82) is 0 Å². The van der Waals surface area contributed by atoms with Gasteiger partial charge in [0.05, 0.1) is 13.7 Å². The summed E-state index contributed by atoms with van der Waals surface area (Å²) in [5.74, 6) is 5.81. The first-order valence-corrected chi connectivity index (χ1v) is 5.22. The third-order valence-corrected chi connectivity index (χ3v) is 2.12. The first-order valence-electron chi connectivity index (χ1n) is 5.22. The van der Waals surface area contributed by atoms with Crippen LogP contribution in [0.3, 0.4) is 0 Å². The Labute approximate surface area is 101 Å². The number of hydrogen-bond donors (Lipinski definition) is 2. The van der Waals surface area contributed by atoms with Crippen molar-refractivity contribution in [3.8, 4) is 11.8 Å². The van der Waals surface area contributed by atoms with Crippen molar-refractivity contribution in [3.63, 3.8) is 0 Å². The fourth-order valence-electron chi connectivity index (χ4n) is 1.26. The van der Waals surface area contributed by atoms with Crippen LogP contribution in [0, 0.1) is 18.8 Å². The van der Waals surface area contributed by atoms with Crippen molar-refractivity contribution >= 4 is 11.8 Å². The van der Waals surface area contributed by atoms with Crippen LogP contribution in [0.4, 0.5) is 10.5 Å². The van der Waals surface area contributed by atoms with Crippen LogP contribution in [0.2, 0.25) is 0 Å². The lowest BCUT2D eigenvalue weighted by Crippen LogP contribution is -2.10. The number of methoxy groups -OCH3 is 1. The van der Waals surface area contributed by atoms with Crippen molar-refractivity contribution < 1.29 is 14.6 Å². The summed E-state index contributed by atoms with van der Waals surface area (Å²) in [5, 5.41) is 11.2. The molecule has 0 fully saturated rings. The maximum atomic E-state index is 11.0. The number of aliphatic hydroxyl groups excluding tert-OH is 1. The zero-order chi connectivity index (χ0) is 12.7. The molecule has 17 heavy (non-hydrogen) atoms. The van der Waals surface area contributed by atoms with Crippen molar-refractivity contribution in [2.75, 3.05) is 19.0 Å². The van der Waals surface area contributed by atoms with Crippen LogP contribution < -0.4 is 5.32 Å². The van der Waals surface area contributed by atoms with E-state index in [1.165, 1.54) is 7.11 Å². The van der Waals surface area contributed by atoms with E-state index in [0.29, 0.717) is 12.1 Å². The number of carbonyl (C=O) groups excluding carboxylic acids is 1. The lowest BCUT2D eigenvalue weighted by molar-refractivity contribution is 0.187. The van der Waals surface area contributed by atoms with E-state index in [2.05, 4.69) is 21.9 Å². The number of ether oxygens (including phenoxy) is 1. The van der Waals surface area contributed by atoms with Crippen molar-refractivity contribution in [3.05, 3.63) is 29.3 Å². The molecule has 0 aliphatic rings. The van der Waals surface area contributed by atoms with Crippen LogP contribution in [0.5, 0.6) is 0 Å². The van der Waals surface area contributed by atoms with Crippen molar-refractivity contribution in [2.45, 2.75) is 13.3 Å². The van der Waals surface area contributed by atoms with Crippen LogP contribution in [-0.2, 0) is 4.74 Å². The van der Waals surface area contributed by atoms with E-state index >= 15 is 0 Å². The normalized spacial score (nSPS) is 9.12. The zero-order valence-electron chi connectivity index (χ0n) is 9.91. The van der Waals surface area contributed by atoms with Crippen LogP contribution in [-0.4, -0.2) is 24.9 Å². The standard InChI is InChI=1S/C13H15NO3/c1-10-9-12(14-13(16)17-2)7-6-11(10)5-3-4-8-15/h6-7,9,15H,4,8H2,1-2H3,(H,14,16). The van der Waals surface area contributed by atoms with Gasteiger partial charge >= 0.3 is 6.09 Å². The quantitative estimate of drug-likeness (QED) is 0.767. The first kappa shape index (κ1) is 13.1. The van der Waals surface area contributed by atoms with Crippen molar-refractivity contribution in [2.24, 2.45) is 0 Å². The SMILES string of the molecule is COC(=O)Nc1ccc(C#CCCO)c(C)c1. The largest absolute Gasteiger partial charge is 0.453 e. The van der Waals surface area contributed by atoms with Gasteiger partial charge in [-0.1, -0.05) is 11.8 Å². The van der Waals surface area contributed by atoms with E-state index in [1.807, 2.05) is 19.1 Å². The van der Waals surface area contributed by atoms with E-state index in [4.69, 9.17) is 5.11 Å². The van der Waals surface area contributed by atoms with E-state index in [0.717, 1.165) is 11.1 Å². The molecule has 4 nitrogen and oxygen atoms in total. The molecule has 0 heterocycles. The summed E-state index contributed by atoms with van der Waals surface area (Å²) in [7, 11) is 1.32. The molecule has 0 aromatic heterocycles. The van der Waals surface area contributed by atoms with E-state index < -0.39 is 6.09 Å². The molecule has 0 aliphatic heterocycles. The minimum Gasteiger partial charge on any atom is -0.453 e. The van der Waals surface area contributed by atoms with Gasteiger partial charge in [0.15, 0.2) is 0 Å². The van der Waals surface area contributed by atoms with Crippen LogP contribution in [0.1, 0.15) is 17.5 Å². The van der Waals surface area contributed by atoms with Gasteiger partial charge in [-0.15, -0.1) is 0 Å². The molecule has 90 valence electrons. The molecule has 0 saturated heterocycles. The fraction of sp³-hybridized carbons (Fsp3) is 0.308. The summed E-state index contributed by atoms with van der Waals surface area (Å²) in [6.45, 7) is 1.97. The third kappa shape index (κ3) is 4.17. The van der Waals surface area contributed by atoms with E-state index in [9.17, 15) is 4.79 Å². The minimum atomic E-state index is -0.497. The number of hydrogen-bond acceptors (Lipinski definition) is 3. The highest BCUT2D eigenvalue weighted by Crippen LogP contribution is 2.14. The summed E-state index contributed by atoms with van der Waals surface area (Å²) < 4.78 is 4.50. The second-order valence-electron chi connectivity index (χ2n) is 3.42. The molecule has 2 N–H and O–H groups in total. The Hall–Kier alpha value is -1.99. The summed E-state index contributed by atoms with van der Waals surface area (Å²) >= 11 is 0. The lowest BCUT2D eigenvalue weighted by Gasteiger charge is -2.05. The Morgan fingerprint density at radius 3 is 2.88 bits per heavy atom. The minimum absolute atomic E-state index is 0.0635. The van der Waals surface area contributed by atoms with Crippen LogP contribution >= 0.6 is 0 Å². The lowest BCUT2D eigenvalue weighted by atomic mass is 10.1. The molecule has 1 aromatic carbocycles. The molecule has 0 radical (unpaired) electrons. The average molecular weight is 233 g/mol. The van der Waals surface area contributed by atoms with Gasteiger partial charge in [-0.3, -0.25) is 5.32 Å². The van der Waals surface area contributed by atoms with Gasteiger partial charge in [0.25, 0.3) is 0 Å². The van der Waals surface area contributed by atoms with Gasteiger partial charge in [0, 0.05) is 17.7 Å². The molecule has 4 heteroatoms. The Morgan fingerprint density at radius 2 is 2.29 bits per heavy atom. The predicted octanol–water partition coefficient (Wildman–Crippen LogP) is 1.91. The summed E-state index contributed by atoms with van der Waals surface area (Å²) in [6.07, 6.45) is -0.0368.